The number of ether oxygens (including phenoxy) is 2. The van der Waals surface area contributed by atoms with Crippen molar-refractivity contribution in [3.63, 3.8) is 0 Å². The van der Waals surface area contributed by atoms with Crippen LogP contribution in [0.1, 0.15) is 45.4 Å². The molecule has 1 aromatic carbocycles. The number of rotatable bonds is 9. The fraction of sp³-hybridized carbons (Fsp3) is 0.667. The largest absolute Gasteiger partial charge is 0.494 e. The van der Waals surface area contributed by atoms with Crippen molar-refractivity contribution in [2.45, 2.75) is 45.4 Å². The second-order valence-electron chi connectivity index (χ2n) is 8.39. The van der Waals surface area contributed by atoms with Gasteiger partial charge in [-0.05, 0) is 70.0 Å². The van der Waals surface area contributed by atoms with Gasteiger partial charge in [0.1, 0.15) is 18.1 Å². The smallest absolute Gasteiger partial charge is 0.234 e. The molecule has 0 atom stereocenters. The number of likely N-dealkylation sites (tertiary alicyclic amines) is 2. The standard InChI is InChI=1S/C24H37N3O4/c1-2-30-21-7-9-22(10-8-21)31-18-13-25-23(28)19-26-16-11-20(12-17-26)24(29)27-14-5-3-4-6-15-27/h7-10,20H,2-6,11-19H2,1H3,(H,25,28). The summed E-state index contributed by atoms with van der Waals surface area (Å²) < 4.78 is 11.1. The van der Waals surface area contributed by atoms with Crippen molar-refractivity contribution >= 4 is 11.8 Å². The van der Waals surface area contributed by atoms with Crippen LogP contribution in [-0.4, -0.2) is 74.1 Å². The summed E-state index contributed by atoms with van der Waals surface area (Å²) >= 11 is 0. The Labute approximate surface area is 186 Å². The van der Waals surface area contributed by atoms with Crippen LogP contribution < -0.4 is 14.8 Å². The summed E-state index contributed by atoms with van der Waals surface area (Å²) in [6.07, 6.45) is 6.44. The van der Waals surface area contributed by atoms with Crippen LogP contribution in [0.5, 0.6) is 11.5 Å². The molecule has 7 heteroatoms. The van der Waals surface area contributed by atoms with Crippen LogP contribution in [-0.2, 0) is 9.59 Å². The third-order valence-corrected chi connectivity index (χ3v) is 6.05. The molecule has 2 fully saturated rings. The summed E-state index contributed by atoms with van der Waals surface area (Å²) in [6, 6.07) is 7.48. The highest BCUT2D eigenvalue weighted by atomic mass is 16.5. The van der Waals surface area contributed by atoms with Crippen LogP contribution in [0.4, 0.5) is 0 Å². The molecule has 1 N–H and O–H groups in total. The van der Waals surface area contributed by atoms with Crippen molar-refractivity contribution in [3.05, 3.63) is 24.3 Å². The molecule has 2 amide bonds. The van der Waals surface area contributed by atoms with E-state index in [-0.39, 0.29) is 11.8 Å². The number of nitrogens with one attached hydrogen (secondary N) is 1. The van der Waals surface area contributed by atoms with E-state index in [1.807, 2.05) is 31.2 Å². The minimum Gasteiger partial charge on any atom is -0.494 e. The highest BCUT2D eigenvalue weighted by Gasteiger charge is 2.29. The lowest BCUT2D eigenvalue weighted by Crippen LogP contribution is -2.46. The van der Waals surface area contributed by atoms with Crippen LogP contribution in [0.2, 0.25) is 0 Å². The maximum absolute atomic E-state index is 12.8. The topological polar surface area (TPSA) is 71.1 Å². The number of benzene rings is 1. The van der Waals surface area contributed by atoms with Crippen LogP contribution in [0.25, 0.3) is 0 Å². The summed E-state index contributed by atoms with van der Waals surface area (Å²) in [5, 5.41) is 2.92. The molecule has 2 aliphatic rings. The van der Waals surface area contributed by atoms with Gasteiger partial charge in [-0.15, -0.1) is 0 Å². The van der Waals surface area contributed by atoms with Gasteiger partial charge in [-0.1, -0.05) is 12.8 Å². The van der Waals surface area contributed by atoms with E-state index >= 15 is 0 Å². The van der Waals surface area contributed by atoms with E-state index in [1.165, 1.54) is 12.8 Å². The molecule has 0 saturated carbocycles. The van der Waals surface area contributed by atoms with Crippen molar-refractivity contribution in [2.24, 2.45) is 5.92 Å². The van der Waals surface area contributed by atoms with E-state index in [4.69, 9.17) is 9.47 Å². The molecule has 172 valence electrons. The fourth-order valence-corrected chi connectivity index (χ4v) is 4.30. The number of nitrogens with zero attached hydrogens (tertiary/aromatic N) is 2. The highest BCUT2D eigenvalue weighted by molar-refractivity contribution is 5.79. The quantitative estimate of drug-likeness (QED) is 0.609. The van der Waals surface area contributed by atoms with E-state index in [0.29, 0.717) is 32.2 Å². The molecule has 0 unspecified atom stereocenters. The first-order valence-electron chi connectivity index (χ1n) is 11.8. The predicted octanol–water partition coefficient (Wildman–Crippen LogP) is 2.69. The predicted molar refractivity (Wildman–Crippen MR) is 120 cm³/mol. The van der Waals surface area contributed by atoms with Gasteiger partial charge in [0.2, 0.25) is 11.8 Å². The molecule has 31 heavy (non-hydrogen) atoms. The molecule has 0 radical (unpaired) electrons. The van der Waals surface area contributed by atoms with E-state index in [9.17, 15) is 9.59 Å². The Morgan fingerprint density at radius 3 is 2.16 bits per heavy atom. The molecule has 2 aliphatic heterocycles. The van der Waals surface area contributed by atoms with Gasteiger partial charge in [0.15, 0.2) is 0 Å². The van der Waals surface area contributed by atoms with Crippen molar-refractivity contribution < 1.29 is 19.1 Å². The second kappa shape index (κ2) is 12.5. The average molecular weight is 432 g/mol. The fourth-order valence-electron chi connectivity index (χ4n) is 4.30. The summed E-state index contributed by atoms with van der Waals surface area (Å²) in [5.74, 6) is 2.04. The number of piperidine rings is 1. The summed E-state index contributed by atoms with van der Waals surface area (Å²) in [7, 11) is 0. The maximum atomic E-state index is 12.8. The molecule has 3 rings (SSSR count). The second-order valence-corrected chi connectivity index (χ2v) is 8.39. The van der Waals surface area contributed by atoms with Gasteiger partial charge >= 0.3 is 0 Å². The number of carbonyl (C=O) groups excluding carboxylic acids is 2. The lowest BCUT2D eigenvalue weighted by molar-refractivity contribution is -0.137. The van der Waals surface area contributed by atoms with Gasteiger partial charge in [-0.3, -0.25) is 14.5 Å². The molecule has 1 aromatic rings. The van der Waals surface area contributed by atoms with Crippen LogP contribution in [0, 0.1) is 5.92 Å². The van der Waals surface area contributed by atoms with Gasteiger partial charge < -0.3 is 19.7 Å². The lowest BCUT2D eigenvalue weighted by atomic mass is 9.95. The zero-order valence-corrected chi connectivity index (χ0v) is 18.8. The highest BCUT2D eigenvalue weighted by Crippen LogP contribution is 2.21. The summed E-state index contributed by atoms with van der Waals surface area (Å²) in [6.45, 7) is 7.31. The zero-order valence-electron chi connectivity index (χ0n) is 18.8. The molecule has 0 aliphatic carbocycles. The Morgan fingerprint density at radius 2 is 1.55 bits per heavy atom. The normalized spacial score (nSPS) is 18.3. The number of hydrogen-bond acceptors (Lipinski definition) is 5. The molecule has 2 heterocycles. The van der Waals surface area contributed by atoms with E-state index in [0.717, 1.165) is 63.4 Å². The zero-order chi connectivity index (χ0) is 21.9. The van der Waals surface area contributed by atoms with E-state index in [1.54, 1.807) is 0 Å². The summed E-state index contributed by atoms with van der Waals surface area (Å²) in [5.41, 5.74) is 0. The number of amides is 2. The number of carbonyl (C=O) groups is 2. The Balaban J connectivity index is 1.28. The molecule has 7 nitrogen and oxygen atoms in total. The first-order chi connectivity index (χ1) is 15.2. The minimum atomic E-state index is 0.00703. The molecule has 0 spiro atoms. The van der Waals surface area contributed by atoms with Crippen molar-refractivity contribution in [1.29, 1.82) is 0 Å². The van der Waals surface area contributed by atoms with Crippen LogP contribution in [0.3, 0.4) is 0 Å². The van der Waals surface area contributed by atoms with Gasteiger partial charge in [0.25, 0.3) is 0 Å². The van der Waals surface area contributed by atoms with Gasteiger partial charge in [0, 0.05) is 19.0 Å². The van der Waals surface area contributed by atoms with Crippen molar-refractivity contribution in [3.8, 4) is 11.5 Å². The summed E-state index contributed by atoms with van der Waals surface area (Å²) in [4.78, 5) is 29.2. The SMILES string of the molecule is CCOc1ccc(OCCNC(=O)CN2CCC(C(=O)N3CCCCCC3)CC2)cc1. The Hall–Kier alpha value is -2.28. The lowest BCUT2D eigenvalue weighted by Gasteiger charge is -2.33. The third kappa shape index (κ3) is 7.73. The van der Waals surface area contributed by atoms with Gasteiger partial charge in [0.05, 0.1) is 19.7 Å². The maximum Gasteiger partial charge on any atom is 0.234 e. The monoisotopic (exact) mass is 431 g/mol. The Bertz CT molecular complexity index is 679. The molecule has 0 bridgehead atoms. The molecule has 0 aromatic heterocycles. The van der Waals surface area contributed by atoms with Gasteiger partial charge in [-0.25, -0.2) is 0 Å². The van der Waals surface area contributed by atoms with Crippen LogP contribution in [0.15, 0.2) is 24.3 Å². The van der Waals surface area contributed by atoms with Crippen molar-refractivity contribution in [2.75, 3.05) is 52.5 Å². The molecular formula is C24H37N3O4. The minimum absolute atomic E-state index is 0.00703. The van der Waals surface area contributed by atoms with Gasteiger partial charge in [-0.2, -0.15) is 0 Å². The molecule has 2 saturated heterocycles. The van der Waals surface area contributed by atoms with Crippen LogP contribution >= 0.6 is 0 Å². The third-order valence-electron chi connectivity index (χ3n) is 6.05. The first kappa shape index (κ1) is 23.4. The number of hydrogen-bond donors (Lipinski definition) is 1. The van der Waals surface area contributed by atoms with Crippen molar-refractivity contribution in [1.82, 2.24) is 15.1 Å². The first-order valence-corrected chi connectivity index (χ1v) is 11.8. The average Bonchev–Trinajstić information content (AvgIpc) is 3.08. The van der Waals surface area contributed by atoms with E-state index < -0.39 is 0 Å². The Morgan fingerprint density at radius 1 is 0.935 bits per heavy atom. The molecular weight excluding hydrogens is 394 g/mol. The van der Waals surface area contributed by atoms with E-state index in [2.05, 4.69) is 15.1 Å². The Kier molecular flexibility index (Phi) is 9.46.